The summed E-state index contributed by atoms with van der Waals surface area (Å²) >= 11 is 0. The molecule has 3 nitrogen and oxygen atoms in total. The van der Waals surface area contributed by atoms with E-state index in [-0.39, 0.29) is 23.3 Å². The third-order valence-corrected chi connectivity index (χ3v) is 3.69. The van der Waals surface area contributed by atoms with Gasteiger partial charge in [-0.15, -0.1) is 0 Å². The molecule has 0 bridgehead atoms. The Labute approximate surface area is 99.4 Å². The number of carbonyl (C=O) groups excluding carboxylic acids is 1. The molecule has 0 radical (unpaired) electrons. The number of nitrogens with one attached hydrogen (secondary N) is 2. The Kier molecular flexibility index (Phi) is 4.36. The second-order valence-corrected chi connectivity index (χ2v) is 6.18. The summed E-state index contributed by atoms with van der Waals surface area (Å²) in [5.41, 5.74) is 0.130. The summed E-state index contributed by atoms with van der Waals surface area (Å²) in [6.45, 7) is 11.5. The van der Waals surface area contributed by atoms with Gasteiger partial charge in [0.1, 0.15) is 0 Å². The van der Waals surface area contributed by atoms with Gasteiger partial charge in [-0.05, 0) is 32.1 Å². The predicted octanol–water partition coefficient (Wildman–Crippen LogP) is 1.93. The molecule has 1 rings (SSSR count). The minimum absolute atomic E-state index is 0.130. The quantitative estimate of drug-likeness (QED) is 0.755. The fourth-order valence-corrected chi connectivity index (χ4v) is 1.77. The first-order chi connectivity index (χ1) is 7.30. The van der Waals surface area contributed by atoms with Crippen molar-refractivity contribution < 1.29 is 4.79 Å². The molecule has 3 heteroatoms. The van der Waals surface area contributed by atoms with Crippen LogP contribution in [0.4, 0.5) is 0 Å². The lowest BCUT2D eigenvalue weighted by Crippen LogP contribution is -2.48. The van der Waals surface area contributed by atoms with E-state index in [1.165, 1.54) is 0 Å². The second-order valence-electron chi connectivity index (χ2n) is 6.18. The monoisotopic (exact) mass is 226 g/mol. The van der Waals surface area contributed by atoms with Gasteiger partial charge in [0.05, 0.1) is 5.92 Å². The molecule has 3 unspecified atom stereocenters. The van der Waals surface area contributed by atoms with Crippen LogP contribution in [0.25, 0.3) is 0 Å². The summed E-state index contributed by atoms with van der Waals surface area (Å²) in [7, 11) is 0. The Morgan fingerprint density at radius 3 is 2.44 bits per heavy atom. The van der Waals surface area contributed by atoms with Crippen molar-refractivity contribution in [1.82, 2.24) is 10.6 Å². The maximum absolute atomic E-state index is 12.0. The Bertz CT molecular complexity index is 237. The van der Waals surface area contributed by atoms with Crippen molar-refractivity contribution in [1.29, 1.82) is 0 Å². The summed E-state index contributed by atoms with van der Waals surface area (Å²) in [6.07, 6.45) is 2.11. The van der Waals surface area contributed by atoms with E-state index in [4.69, 9.17) is 0 Å². The van der Waals surface area contributed by atoms with E-state index in [1.807, 2.05) is 0 Å². The van der Waals surface area contributed by atoms with Crippen LogP contribution in [-0.2, 0) is 4.79 Å². The van der Waals surface area contributed by atoms with E-state index in [9.17, 15) is 4.79 Å². The molecule has 0 aromatic rings. The van der Waals surface area contributed by atoms with Crippen LogP contribution < -0.4 is 10.6 Å². The van der Waals surface area contributed by atoms with Crippen molar-refractivity contribution in [2.24, 2.45) is 11.3 Å². The van der Waals surface area contributed by atoms with Crippen LogP contribution in [0.5, 0.6) is 0 Å². The highest BCUT2D eigenvalue weighted by atomic mass is 16.2. The highest BCUT2D eigenvalue weighted by molar-refractivity contribution is 5.79. The Hall–Kier alpha value is -0.570. The van der Waals surface area contributed by atoms with Gasteiger partial charge in [-0.25, -0.2) is 0 Å². The minimum atomic E-state index is 0.130. The summed E-state index contributed by atoms with van der Waals surface area (Å²) in [6, 6.07) is 0.781. The molecule has 1 aliphatic rings. The molecule has 1 saturated heterocycles. The van der Waals surface area contributed by atoms with Gasteiger partial charge in [0.25, 0.3) is 0 Å². The Morgan fingerprint density at radius 1 is 1.38 bits per heavy atom. The summed E-state index contributed by atoms with van der Waals surface area (Å²) < 4.78 is 0. The lowest BCUT2D eigenvalue weighted by atomic mass is 9.87. The lowest BCUT2D eigenvalue weighted by molar-refractivity contribution is -0.127. The molecular weight excluding hydrogens is 200 g/mol. The van der Waals surface area contributed by atoms with Crippen LogP contribution >= 0.6 is 0 Å². The molecule has 1 amide bonds. The number of amides is 1. The fraction of sp³-hybridized carbons (Fsp3) is 0.923. The van der Waals surface area contributed by atoms with E-state index in [0.717, 1.165) is 19.4 Å². The van der Waals surface area contributed by atoms with Crippen LogP contribution in [0.2, 0.25) is 0 Å². The molecule has 1 heterocycles. The van der Waals surface area contributed by atoms with Crippen LogP contribution in [0, 0.1) is 11.3 Å². The van der Waals surface area contributed by atoms with Crippen molar-refractivity contribution in [3.63, 3.8) is 0 Å². The average molecular weight is 226 g/mol. The highest BCUT2D eigenvalue weighted by Gasteiger charge is 2.27. The lowest BCUT2D eigenvalue weighted by Gasteiger charge is -2.32. The van der Waals surface area contributed by atoms with Gasteiger partial charge in [-0.1, -0.05) is 20.8 Å². The molecule has 3 atom stereocenters. The maximum atomic E-state index is 12.0. The number of hydrogen-bond donors (Lipinski definition) is 2. The van der Waals surface area contributed by atoms with Crippen LogP contribution in [0.3, 0.4) is 0 Å². The van der Waals surface area contributed by atoms with Crippen molar-refractivity contribution in [2.45, 2.75) is 59.5 Å². The van der Waals surface area contributed by atoms with Crippen molar-refractivity contribution in [3.8, 4) is 0 Å². The Balaban J connectivity index is 2.41. The van der Waals surface area contributed by atoms with Gasteiger partial charge in [-0.2, -0.15) is 0 Å². The third kappa shape index (κ3) is 3.78. The first kappa shape index (κ1) is 13.5. The Morgan fingerprint density at radius 2 is 2.00 bits per heavy atom. The van der Waals surface area contributed by atoms with Gasteiger partial charge in [0.15, 0.2) is 0 Å². The largest absolute Gasteiger partial charge is 0.353 e. The van der Waals surface area contributed by atoms with Crippen LogP contribution in [-0.4, -0.2) is 24.5 Å². The standard InChI is InChI=1S/C13H26N2O/c1-9-6-7-11(8-14-9)12(16)15-10(2)13(3,4)5/h9-11,14H,6-8H2,1-5H3,(H,15,16). The van der Waals surface area contributed by atoms with Crippen molar-refractivity contribution in [2.75, 3.05) is 6.54 Å². The maximum Gasteiger partial charge on any atom is 0.224 e. The van der Waals surface area contributed by atoms with Gasteiger partial charge >= 0.3 is 0 Å². The molecule has 94 valence electrons. The molecule has 0 aromatic carbocycles. The fourth-order valence-electron chi connectivity index (χ4n) is 1.77. The zero-order valence-corrected chi connectivity index (χ0v) is 11.3. The summed E-state index contributed by atoms with van der Waals surface area (Å²) in [5, 5.41) is 6.49. The van der Waals surface area contributed by atoms with Gasteiger partial charge < -0.3 is 10.6 Å². The smallest absolute Gasteiger partial charge is 0.224 e. The van der Waals surface area contributed by atoms with Crippen LogP contribution in [0.1, 0.15) is 47.5 Å². The number of piperidine rings is 1. The summed E-state index contributed by atoms with van der Waals surface area (Å²) in [4.78, 5) is 12.0. The predicted molar refractivity (Wildman–Crippen MR) is 67.2 cm³/mol. The average Bonchev–Trinajstić information content (AvgIpc) is 2.17. The number of rotatable bonds is 2. The first-order valence-corrected chi connectivity index (χ1v) is 6.34. The molecule has 2 N–H and O–H groups in total. The van der Waals surface area contributed by atoms with Crippen molar-refractivity contribution in [3.05, 3.63) is 0 Å². The molecule has 0 aliphatic carbocycles. The third-order valence-electron chi connectivity index (χ3n) is 3.69. The van der Waals surface area contributed by atoms with E-state index in [2.05, 4.69) is 45.3 Å². The molecule has 0 aromatic heterocycles. The van der Waals surface area contributed by atoms with E-state index in [1.54, 1.807) is 0 Å². The minimum Gasteiger partial charge on any atom is -0.353 e. The second kappa shape index (κ2) is 5.17. The SMILES string of the molecule is CC1CCC(C(=O)NC(C)C(C)(C)C)CN1. The molecule has 16 heavy (non-hydrogen) atoms. The number of carbonyl (C=O) groups is 1. The van der Waals surface area contributed by atoms with Gasteiger partial charge in [0.2, 0.25) is 5.91 Å². The van der Waals surface area contributed by atoms with Crippen molar-refractivity contribution >= 4 is 5.91 Å². The summed E-state index contributed by atoms with van der Waals surface area (Å²) in [5.74, 6) is 0.364. The molecule has 1 fully saturated rings. The van der Waals surface area contributed by atoms with Crippen LogP contribution in [0.15, 0.2) is 0 Å². The highest BCUT2D eigenvalue weighted by Crippen LogP contribution is 2.20. The van der Waals surface area contributed by atoms with Gasteiger partial charge in [0, 0.05) is 18.6 Å². The zero-order chi connectivity index (χ0) is 12.3. The normalized spacial score (nSPS) is 28.6. The molecular formula is C13H26N2O. The van der Waals surface area contributed by atoms with E-state index in [0.29, 0.717) is 6.04 Å². The van der Waals surface area contributed by atoms with E-state index >= 15 is 0 Å². The topological polar surface area (TPSA) is 41.1 Å². The number of hydrogen-bond acceptors (Lipinski definition) is 2. The molecule has 0 spiro atoms. The van der Waals surface area contributed by atoms with Gasteiger partial charge in [-0.3, -0.25) is 4.79 Å². The zero-order valence-electron chi connectivity index (χ0n) is 11.3. The molecule has 0 saturated carbocycles. The first-order valence-electron chi connectivity index (χ1n) is 6.34. The van der Waals surface area contributed by atoms with E-state index < -0.39 is 0 Å². The molecule has 1 aliphatic heterocycles.